The van der Waals surface area contributed by atoms with E-state index in [1.165, 1.54) is 0 Å². The molecule has 126 valence electrons. The summed E-state index contributed by atoms with van der Waals surface area (Å²) in [7, 11) is 0. The molecule has 1 heterocycles. The zero-order chi connectivity index (χ0) is 16.9. The van der Waals surface area contributed by atoms with Gasteiger partial charge in [0.05, 0.1) is 25.9 Å². The first kappa shape index (κ1) is 17.8. The lowest BCUT2D eigenvalue weighted by atomic mass is 9.86. The minimum atomic E-state index is -0.244. The maximum atomic E-state index is 13.1. The second kappa shape index (κ2) is 8.39. The van der Waals surface area contributed by atoms with E-state index in [0.717, 1.165) is 14.5 Å². The molecule has 0 spiro atoms. The molecule has 0 aliphatic carbocycles. The van der Waals surface area contributed by atoms with Gasteiger partial charge in [0.25, 0.3) is 0 Å². The number of ketones is 1. The van der Waals surface area contributed by atoms with E-state index < -0.39 is 0 Å². The highest BCUT2D eigenvalue weighted by molar-refractivity contribution is 9.10. The van der Waals surface area contributed by atoms with Crippen molar-refractivity contribution in [3.8, 4) is 0 Å². The lowest BCUT2D eigenvalue weighted by Gasteiger charge is -2.27. The van der Waals surface area contributed by atoms with Crippen molar-refractivity contribution >= 4 is 37.6 Å². The summed E-state index contributed by atoms with van der Waals surface area (Å²) >= 11 is 6.86. The highest BCUT2D eigenvalue weighted by Crippen LogP contribution is 2.29. The Balaban J connectivity index is 1.86. The summed E-state index contributed by atoms with van der Waals surface area (Å²) in [6.45, 7) is 1.75. The van der Waals surface area contributed by atoms with Crippen LogP contribution in [0.4, 0.5) is 0 Å². The Morgan fingerprint density at radius 3 is 2.21 bits per heavy atom. The molecular weight excluding hydrogens is 436 g/mol. The van der Waals surface area contributed by atoms with Crippen LogP contribution in [-0.2, 0) is 9.47 Å². The standard InChI is InChI=1S/C19H18Br2O3/c20-15-5-1-13(2-6-15)18(11-17-12-23-9-10-24-17)19(22)14-3-7-16(21)8-4-14/h1-8,17-18H,9-12H2. The monoisotopic (exact) mass is 452 g/mol. The lowest BCUT2D eigenvalue weighted by molar-refractivity contribution is -0.0917. The van der Waals surface area contributed by atoms with E-state index in [2.05, 4.69) is 31.9 Å². The van der Waals surface area contributed by atoms with Crippen LogP contribution in [-0.4, -0.2) is 31.7 Å². The Morgan fingerprint density at radius 2 is 1.62 bits per heavy atom. The molecule has 1 aliphatic rings. The Hall–Kier alpha value is -1.01. The number of hydrogen-bond acceptors (Lipinski definition) is 3. The molecule has 5 heteroatoms. The van der Waals surface area contributed by atoms with E-state index in [-0.39, 0.29) is 17.8 Å². The molecule has 0 N–H and O–H groups in total. The third-order valence-corrected chi connectivity index (χ3v) is 5.16. The fraction of sp³-hybridized carbons (Fsp3) is 0.316. The molecule has 3 nitrogen and oxygen atoms in total. The van der Waals surface area contributed by atoms with Gasteiger partial charge in [-0.1, -0.05) is 56.1 Å². The van der Waals surface area contributed by atoms with Crippen molar-refractivity contribution < 1.29 is 14.3 Å². The molecule has 2 aromatic carbocycles. The maximum Gasteiger partial charge on any atom is 0.170 e. The number of halogens is 2. The minimum Gasteiger partial charge on any atom is -0.376 e. The van der Waals surface area contributed by atoms with Crippen molar-refractivity contribution in [2.75, 3.05) is 19.8 Å². The van der Waals surface area contributed by atoms with Crippen LogP contribution in [0.2, 0.25) is 0 Å². The normalized spacial score (nSPS) is 19.0. The SMILES string of the molecule is O=C(c1ccc(Br)cc1)C(CC1COCCO1)c1ccc(Br)cc1. The van der Waals surface area contributed by atoms with Crippen LogP contribution in [0, 0.1) is 0 Å². The van der Waals surface area contributed by atoms with Crippen molar-refractivity contribution in [2.45, 2.75) is 18.4 Å². The van der Waals surface area contributed by atoms with Gasteiger partial charge in [0, 0.05) is 20.4 Å². The van der Waals surface area contributed by atoms with Crippen LogP contribution < -0.4 is 0 Å². The third-order valence-electron chi connectivity index (χ3n) is 4.10. The molecule has 1 saturated heterocycles. The molecule has 0 amide bonds. The summed E-state index contributed by atoms with van der Waals surface area (Å²) in [4.78, 5) is 13.1. The fourth-order valence-corrected chi connectivity index (χ4v) is 3.37. The van der Waals surface area contributed by atoms with E-state index in [0.29, 0.717) is 31.8 Å². The first-order valence-corrected chi connectivity index (χ1v) is 9.46. The lowest BCUT2D eigenvalue weighted by Crippen LogP contribution is -2.31. The number of rotatable bonds is 5. The number of carbonyl (C=O) groups excluding carboxylic acids is 1. The minimum absolute atomic E-state index is 0.0493. The summed E-state index contributed by atoms with van der Waals surface area (Å²) < 4.78 is 13.2. The van der Waals surface area contributed by atoms with Crippen LogP contribution in [0.25, 0.3) is 0 Å². The molecule has 0 aromatic heterocycles. The molecule has 3 rings (SSSR count). The predicted molar refractivity (Wildman–Crippen MR) is 101 cm³/mol. The Labute approximate surface area is 158 Å². The van der Waals surface area contributed by atoms with Gasteiger partial charge in [-0.15, -0.1) is 0 Å². The molecule has 0 radical (unpaired) electrons. The fourth-order valence-electron chi connectivity index (χ4n) is 2.84. The van der Waals surface area contributed by atoms with Crippen LogP contribution >= 0.6 is 31.9 Å². The quantitative estimate of drug-likeness (QED) is 0.598. The summed E-state index contributed by atoms with van der Waals surface area (Å²) in [6, 6.07) is 15.4. The average molecular weight is 454 g/mol. The van der Waals surface area contributed by atoms with Gasteiger partial charge in [0.2, 0.25) is 0 Å². The van der Waals surface area contributed by atoms with Crippen LogP contribution in [0.5, 0.6) is 0 Å². The molecule has 2 aromatic rings. The molecule has 1 aliphatic heterocycles. The maximum absolute atomic E-state index is 13.1. The van der Waals surface area contributed by atoms with E-state index in [1.807, 2.05) is 48.5 Å². The van der Waals surface area contributed by atoms with E-state index >= 15 is 0 Å². The molecule has 0 saturated carbocycles. The van der Waals surface area contributed by atoms with Gasteiger partial charge >= 0.3 is 0 Å². The number of Topliss-reactive ketones (excluding diaryl/α,β-unsaturated/α-hetero) is 1. The Kier molecular flexibility index (Phi) is 6.22. The summed E-state index contributed by atoms with van der Waals surface area (Å²) in [5.41, 5.74) is 1.71. The Bertz CT molecular complexity index is 677. The van der Waals surface area contributed by atoms with E-state index in [9.17, 15) is 4.79 Å². The topological polar surface area (TPSA) is 35.5 Å². The van der Waals surface area contributed by atoms with Crippen molar-refractivity contribution in [3.63, 3.8) is 0 Å². The van der Waals surface area contributed by atoms with Crippen LogP contribution in [0.15, 0.2) is 57.5 Å². The summed E-state index contributed by atoms with van der Waals surface area (Å²) in [6.07, 6.45) is 0.572. The van der Waals surface area contributed by atoms with Crippen molar-refractivity contribution in [2.24, 2.45) is 0 Å². The summed E-state index contributed by atoms with van der Waals surface area (Å²) in [5, 5.41) is 0. The van der Waals surface area contributed by atoms with E-state index in [4.69, 9.17) is 9.47 Å². The number of ether oxygens (including phenoxy) is 2. The van der Waals surface area contributed by atoms with Crippen LogP contribution in [0.3, 0.4) is 0 Å². The Morgan fingerprint density at radius 1 is 1.00 bits per heavy atom. The zero-order valence-electron chi connectivity index (χ0n) is 13.1. The van der Waals surface area contributed by atoms with Crippen molar-refractivity contribution in [1.82, 2.24) is 0 Å². The molecular formula is C19H18Br2O3. The number of hydrogen-bond donors (Lipinski definition) is 0. The molecule has 2 atom stereocenters. The second-order valence-corrected chi connectivity index (χ2v) is 7.61. The smallest absolute Gasteiger partial charge is 0.170 e. The first-order valence-electron chi connectivity index (χ1n) is 7.88. The molecule has 1 fully saturated rings. The number of carbonyl (C=O) groups is 1. The van der Waals surface area contributed by atoms with E-state index in [1.54, 1.807) is 0 Å². The highest BCUT2D eigenvalue weighted by atomic mass is 79.9. The largest absolute Gasteiger partial charge is 0.376 e. The average Bonchev–Trinajstić information content (AvgIpc) is 2.62. The van der Waals surface area contributed by atoms with Crippen molar-refractivity contribution in [3.05, 3.63) is 68.6 Å². The molecule has 24 heavy (non-hydrogen) atoms. The molecule has 0 bridgehead atoms. The predicted octanol–water partition coefficient (Wildman–Crippen LogP) is 4.98. The zero-order valence-corrected chi connectivity index (χ0v) is 16.3. The number of benzene rings is 2. The first-order chi connectivity index (χ1) is 11.6. The van der Waals surface area contributed by atoms with Gasteiger partial charge < -0.3 is 9.47 Å². The van der Waals surface area contributed by atoms with Gasteiger partial charge in [-0.2, -0.15) is 0 Å². The van der Waals surface area contributed by atoms with Crippen molar-refractivity contribution in [1.29, 1.82) is 0 Å². The van der Waals surface area contributed by atoms with Gasteiger partial charge in [-0.25, -0.2) is 0 Å². The van der Waals surface area contributed by atoms with Gasteiger partial charge in [0.15, 0.2) is 5.78 Å². The molecule has 2 unspecified atom stereocenters. The van der Waals surface area contributed by atoms with Crippen LogP contribution in [0.1, 0.15) is 28.3 Å². The van der Waals surface area contributed by atoms with Gasteiger partial charge in [-0.05, 0) is 36.2 Å². The second-order valence-electron chi connectivity index (χ2n) is 5.78. The van der Waals surface area contributed by atoms with Gasteiger partial charge in [-0.3, -0.25) is 4.79 Å². The highest BCUT2D eigenvalue weighted by Gasteiger charge is 2.27. The summed E-state index contributed by atoms with van der Waals surface area (Å²) in [5.74, 6) is -0.134. The third kappa shape index (κ3) is 4.54. The van der Waals surface area contributed by atoms with Gasteiger partial charge in [0.1, 0.15) is 0 Å².